The summed E-state index contributed by atoms with van der Waals surface area (Å²) < 4.78 is 8.88. The largest absolute Gasteiger partial charge is 0.510 e. The van der Waals surface area contributed by atoms with Crippen LogP contribution in [0.2, 0.25) is 0 Å². The van der Waals surface area contributed by atoms with E-state index in [4.69, 9.17) is 25.0 Å². The van der Waals surface area contributed by atoms with Crippen molar-refractivity contribution in [2.45, 2.75) is 30.6 Å². The standard InChI is InChI=1S/C22H24N2O8.H3O4P/c1-21(31)8-5-4-6-11(25)12(8)16(26)13-9(21)7-10-15(24(2)3)17(27)14(20(23)30)19(29)22(10,32)18(13)28;1-5(2,3)4/h4-6,9-10,15,25,27-28,31-32H,7H2,1-3H3,(H2,23,30);(H3,1,2,3,4)/t9-,10-,15-,21+,22-;/m0./s1. The van der Waals surface area contributed by atoms with E-state index < -0.39 is 82.8 Å². The number of fused-ring (bicyclic) bond motifs is 3. The Hall–Kier alpha value is -3.10. The summed E-state index contributed by atoms with van der Waals surface area (Å²) in [6.07, 6.45) is -0.200. The van der Waals surface area contributed by atoms with Crippen LogP contribution in [-0.4, -0.2) is 88.3 Å². The van der Waals surface area contributed by atoms with Gasteiger partial charge in [-0.25, -0.2) is 4.57 Å². The molecule has 10 N–H and O–H groups in total. The van der Waals surface area contributed by atoms with Crippen molar-refractivity contribution >= 4 is 25.3 Å². The molecule has 37 heavy (non-hydrogen) atoms. The number of likely N-dealkylation sites (N-methyl/N-ethyl adjacent to an activating group) is 1. The number of primary amides is 1. The number of Topliss-reactive ketones (excluding diaryl/α,β-unsaturated/α-hetero) is 2. The molecule has 0 saturated carbocycles. The van der Waals surface area contributed by atoms with Crippen LogP contribution in [-0.2, 0) is 19.8 Å². The number of phenolic OH excluding ortho intramolecular Hbond substituents is 1. The highest BCUT2D eigenvalue weighted by atomic mass is 31.2. The Morgan fingerprint density at radius 3 is 2.14 bits per heavy atom. The number of nitrogens with zero attached hydrogens (tertiary/aromatic N) is 1. The molecule has 3 aliphatic carbocycles. The van der Waals surface area contributed by atoms with Gasteiger partial charge in [-0.15, -0.1) is 0 Å². The lowest BCUT2D eigenvalue weighted by molar-refractivity contribution is -0.151. The minimum atomic E-state index is -4.64. The van der Waals surface area contributed by atoms with E-state index in [1.807, 2.05) is 0 Å². The Balaban J connectivity index is 0.000000695. The van der Waals surface area contributed by atoms with E-state index in [0.717, 1.165) is 0 Å². The Labute approximate surface area is 209 Å². The third-order valence-corrected chi connectivity index (χ3v) is 7.02. The van der Waals surface area contributed by atoms with Crippen molar-refractivity contribution in [3.63, 3.8) is 0 Å². The topological polar surface area (TPSA) is 259 Å². The number of carbonyl (C=O) groups is 3. The van der Waals surface area contributed by atoms with Crippen LogP contribution in [0.25, 0.3) is 0 Å². The van der Waals surface area contributed by atoms with Gasteiger partial charge in [0.1, 0.15) is 22.8 Å². The molecule has 0 aliphatic heterocycles. The zero-order valence-electron chi connectivity index (χ0n) is 19.9. The number of carbonyl (C=O) groups excluding carboxylic acids is 3. The summed E-state index contributed by atoms with van der Waals surface area (Å²) >= 11 is 0. The molecule has 1 aromatic carbocycles. The second-order valence-corrected chi connectivity index (χ2v) is 10.5. The second-order valence-electron chi connectivity index (χ2n) is 9.48. The molecule has 1 amide bonds. The third-order valence-electron chi connectivity index (χ3n) is 7.02. The van der Waals surface area contributed by atoms with Gasteiger partial charge in [-0.2, -0.15) is 0 Å². The number of amides is 1. The van der Waals surface area contributed by atoms with Gasteiger partial charge in [-0.3, -0.25) is 19.3 Å². The van der Waals surface area contributed by atoms with Gasteiger partial charge in [-0.1, -0.05) is 12.1 Å². The Kier molecular flexibility index (Phi) is 6.95. The third kappa shape index (κ3) is 4.36. The molecular weight excluding hydrogens is 515 g/mol. The number of hydrogen-bond acceptors (Lipinski definition) is 10. The molecule has 202 valence electrons. The summed E-state index contributed by atoms with van der Waals surface area (Å²) in [6.45, 7) is 1.40. The lowest BCUT2D eigenvalue weighted by Crippen LogP contribution is -2.65. The van der Waals surface area contributed by atoms with Crippen LogP contribution in [0.3, 0.4) is 0 Å². The molecule has 0 spiro atoms. The van der Waals surface area contributed by atoms with E-state index >= 15 is 0 Å². The zero-order chi connectivity index (χ0) is 28.4. The SMILES string of the molecule is CN(C)[C@@H]1C(O)=C(C(N)=O)C(=O)[C@@]2(O)C(O)=C3C(=O)c4c(O)cccc4[C@@](C)(O)[C@H]3C[C@@H]12.O=P(O)(O)O. The van der Waals surface area contributed by atoms with E-state index in [2.05, 4.69) is 0 Å². The van der Waals surface area contributed by atoms with Crippen molar-refractivity contribution in [3.8, 4) is 5.75 Å². The number of nitrogens with two attached hydrogens (primary N) is 1. The number of aromatic hydroxyl groups is 1. The molecule has 0 saturated heterocycles. The van der Waals surface area contributed by atoms with E-state index in [-0.39, 0.29) is 17.5 Å². The monoisotopic (exact) mass is 542 g/mol. The fourth-order valence-corrected chi connectivity index (χ4v) is 5.51. The number of ketones is 2. The molecule has 4 rings (SSSR count). The molecule has 0 radical (unpaired) electrons. The normalized spacial score (nSPS) is 31.3. The summed E-state index contributed by atoms with van der Waals surface area (Å²) in [4.78, 5) is 61.4. The average Bonchev–Trinajstić information content (AvgIpc) is 2.73. The number of aliphatic hydroxyl groups is 4. The molecule has 0 heterocycles. The van der Waals surface area contributed by atoms with E-state index in [9.17, 15) is 39.9 Å². The number of phenols is 1. The summed E-state index contributed by atoms with van der Waals surface area (Å²) in [7, 11) is -1.58. The van der Waals surface area contributed by atoms with Crippen molar-refractivity contribution in [1.82, 2.24) is 4.90 Å². The predicted molar refractivity (Wildman–Crippen MR) is 124 cm³/mol. The summed E-state index contributed by atoms with van der Waals surface area (Å²) in [5, 5.41) is 55.0. The van der Waals surface area contributed by atoms with Gasteiger partial charge < -0.3 is 45.9 Å². The maximum absolute atomic E-state index is 13.3. The number of benzene rings is 1. The fourth-order valence-electron chi connectivity index (χ4n) is 5.51. The first-order valence-electron chi connectivity index (χ1n) is 10.8. The maximum atomic E-state index is 13.3. The van der Waals surface area contributed by atoms with Crippen molar-refractivity contribution in [3.05, 3.63) is 52.0 Å². The van der Waals surface area contributed by atoms with Crippen LogP contribution in [0.4, 0.5) is 0 Å². The van der Waals surface area contributed by atoms with E-state index in [1.54, 1.807) is 0 Å². The summed E-state index contributed by atoms with van der Waals surface area (Å²) in [5.74, 6) is -7.89. The number of phosphoric acid groups is 1. The molecule has 14 nitrogen and oxygen atoms in total. The Morgan fingerprint density at radius 1 is 1.11 bits per heavy atom. The second kappa shape index (κ2) is 9.03. The Bertz CT molecular complexity index is 1300. The Morgan fingerprint density at radius 2 is 1.65 bits per heavy atom. The van der Waals surface area contributed by atoms with Crippen LogP contribution in [0.15, 0.2) is 40.9 Å². The lowest BCUT2D eigenvalue weighted by atomic mass is 9.55. The van der Waals surface area contributed by atoms with Crippen LogP contribution >= 0.6 is 7.82 Å². The molecule has 0 aromatic heterocycles. The van der Waals surface area contributed by atoms with Crippen LogP contribution in [0.1, 0.15) is 29.3 Å². The first kappa shape index (κ1) is 28.5. The van der Waals surface area contributed by atoms with Gasteiger partial charge in [0.2, 0.25) is 5.78 Å². The van der Waals surface area contributed by atoms with Gasteiger partial charge in [0.15, 0.2) is 11.4 Å². The van der Waals surface area contributed by atoms with Crippen molar-refractivity contribution in [2.75, 3.05) is 14.1 Å². The fraction of sp³-hybridized carbons (Fsp3) is 0.409. The molecular formula is C22H27N2O12P. The summed E-state index contributed by atoms with van der Waals surface area (Å²) in [5.41, 5.74) is -0.654. The highest BCUT2D eigenvalue weighted by molar-refractivity contribution is 7.45. The first-order valence-corrected chi connectivity index (χ1v) is 12.3. The quantitative estimate of drug-likeness (QED) is 0.158. The minimum absolute atomic E-state index is 0.135. The summed E-state index contributed by atoms with van der Waals surface area (Å²) in [6, 6.07) is 3.05. The number of aliphatic hydroxyl groups excluding tert-OH is 2. The average molecular weight is 542 g/mol. The molecule has 3 aliphatic rings. The molecule has 5 atom stereocenters. The van der Waals surface area contributed by atoms with Crippen LogP contribution in [0, 0.1) is 11.8 Å². The minimum Gasteiger partial charge on any atom is -0.510 e. The van der Waals surface area contributed by atoms with Gasteiger partial charge >= 0.3 is 7.82 Å². The maximum Gasteiger partial charge on any atom is 0.466 e. The van der Waals surface area contributed by atoms with Crippen LogP contribution in [0.5, 0.6) is 5.75 Å². The molecule has 0 bridgehead atoms. The molecule has 0 unspecified atom stereocenters. The molecule has 15 heteroatoms. The molecule has 1 aromatic rings. The van der Waals surface area contributed by atoms with Crippen LogP contribution < -0.4 is 5.73 Å². The first-order chi connectivity index (χ1) is 16.8. The van der Waals surface area contributed by atoms with Gasteiger partial charge in [0.05, 0.1) is 17.2 Å². The lowest BCUT2D eigenvalue weighted by Gasteiger charge is -2.52. The highest BCUT2D eigenvalue weighted by Crippen LogP contribution is 2.56. The zero-order valence-corrected chi connectivity index (χ0v) is 20.7. The van der Waals surface area contributed by atoms with Gasteiger partial charge in [0.25, 0.3) is 5.91 Å². The van der Waals surface area contributed by atoms with E-state index in [0.29, 0.717) is 0 Å². The van der Waals surface area contributed by atoms with Gasteiger partial charge in [0, 0.05) is 17.4 Å². The number of hydrogen-bond donors (Lipinski definition) is 9. The number of rotatable bonds is 2. The van der Waals surface area contributed by atoms with Crippen molar-refractivity contribution in [1.29, 1.82) is 0 Å². The van der Waals surface area contributed by atoms with E-state index in [1.165, 1.54) is 44.1 Å². The molecule has 0 fully saturated rings. The smallest absolute Gasteiger partial charge is 0.466 e. The van der Waals surface area contributed by atoms with Gasteiger partial charge in [-0.05, 0) is 39.1 Å². The van der Waals surface area contributed by atoms with Crippen molar-refractivity contribution in [2.24, 2.45) is 17.6 Å². The predicted octanol–water partition coefficient (Wildman–Crippen LogP) is -1.14. The highest BCUT2D eigenvalue weighted by Gasteiger charge is 2.65. The van der Waals surface area contributed by atoms with Crippen molar-refractivity contribution < 1.29 is 59.2 Å².